The molecule has 3 aromatic rings. The maximum Gasteiger partial charge on any atom is 0.324 e. The molecule has 1 aliphatic rings. The molecule has 1 N–H and O–H groups in total. The van der Waals surface area contributed by atoms with Crippen molar-refractivity contribution in [3.8, 4) is 11.6 Å². The molecule has 0 spiro atoms. The van der Waals surface area contributed by atoms with E-state index in [1.807, 2.05) is 24.3 Å². The largest absolute Gasteiger partial charge is 0.461 e. The van der Waals surface area contributed by atoms with Gasteiger partial charge in [0.2, 0.25) is 5.91 Å². The van der Waals surface area contributed by atoms with Crippen molar-refractivity contribution in [1.82, 2.24) is 20.2 Å². The summed E-state index contributed by atoms with van der Waals surface area (Å²) in [7, 11) is 0. The number of carbonyl (C=O) groups is 2. The van der Waals surface area contributed by atoms with E-state index in [4.69, 9.17) is 4.42 Å². The van der Waals surface area contributed by atoms with Crippen LogP contribution < -0.4 is 5.32 Å². The summed E-state index contributed by atoms with van der Waals surface area (Å²) in [5.74, 6) is 0.803. The minimum atomic E-state index is -0.457. The van der Waals surface area contributed by atoms with Gasteiger partial charge in [-0.1, -0.05) is 30.0 Å². The van der Waals surface area contributed by atoms with Gasteiger partial charge in [-0.2, -0.15) is 0 Å². The van der Waals surface area contributed by atoms with E-state index in [-0.39, 0.29) is 11.9 Å². The first-order chi connectivity index (χ1) is 12.6. The van der Waals surface area contributed by atoms with Gasteiger partial charge in [0.15, 0.2) is 11.6 Å². The van der Waals surface area contributed by atoms with Crippen molar-refractivity contribution in [3.05, 3.63) is 42.7 Å². The van der Waals surface area contributed by atoms with Crippen LogP contribution in [-0.2, 0) is 4.79 Å². The Hall–Kier alpha value is -2.87. The summed E-state index contributed by atoms with van der Waals surface area (Å²) < 4.78 is 5.41. The molecular formula is C18H16N4O3S. The summed E-state index contributed by atoms with van der Waals surface area (Å²) in [5, 5.41) is 3.73. The van der Waals surface area contributed by atoms with E-state index in [1.54, 1.807) is 25.3 Å². The van der Waals surface area contributed by atoms with Crippen LogP contribution >= 0.6 is 11.8 Å². The number of urea groups is 1. The molecule has 26 heavy (non-hydrogen) atoms. The van der Waals surface area contributed by atoms with Gasteiger partial charge in [-0.3, -0.25) is 9.69 Å². The van der Waals surface area contributed by atoms with Crippen molar-refractivity contribution in [2.45, 2.75) is 17.2 Å². The highest BCUT2D eigenvalue weighted by Crippen LogP contribution is 2.31. The molecular weight excluding hydrogens is 352 g/mol. The number of furan rings is 1. The van der Waals surface area contributed by atoms with Crippen molar-refractivity contribution < 1.29 is 14.0 Å². The smallest absolute Gasteiger partial charge is 0.324 e. The Morgan fingerprint density at radius 1 is 1.27 bits per heavy atom. The molecule has 1 fully saturated rings. The topological polar surface area (TPSA) is 88.3 Å². The van der Waals surface area contributed by atoms with Crippen molar-refractivity contribution in [1.29, 1.82) is 0 Å². The fourth-order valence-electron chi connectivity index (χ4n) is 2.77. The molecule has 4 rings (SSSR count). The van der Waals surface area contributed by atoms with Crippen LogP contribution in [0.3, 0.4) is 0 Å². The average Bonchev–Trinajstić information content (AvgIpc) is 3.32. The van der Waals surface area contributed by atoms with Crippen molar-refractivity contribution >= 4 is 34.6 Å². The van der Waals surface area contributed by atoms with Crippen LogP contribution in [0.25, 0.3) is 22.5 Å². The number of aromatic nitrogens is 2. The molecule has 1 saturated heterocycles. The van der Waals surface area contributed by atoms with Gasteiger partial charge in [-0.05, 0) is 25.1 Å². The standard InChI is InChI=1S/C18H16N4O3S/c1-11(17(23)22-9-8-19-18(22)24)26-16-12-5-2-3-6-13(12)20-15(21-16)14-7-4-10-25-14/h2-7,10-11H,8-9H2,1H3,(H,19,24)/t11-/m1/s1. The summed E-state index contributed by atoms with van der Waals surface area (Å²) in [6, 6.07) is 10.9. The molecule has 0 unspecified atom stereocenters. The lowest BCUT2D eigenvalue weighted by molar-refractivity contribution is -0.126. The van der Waals surface area contributed by atoms with Gasteiger partial charge < -0.3 is 9.73 Å². The van der Waals surface area contributed by atoms with E-state index < -0.39 is 5.25 Å². The molecule has 3 amide bonds. The zero-order chi connectivity index (χ0) is 18.1. The molecule has 8 heteroatoms. The van der Waals surface area contributed by atoms with Crippen LogP contribution in [0.15, 0.2) is 52.1 Å². The van der Waals surface area contributed by atoms with Crippen LogP contribution in [0.1, 0.15) is 6.92 Å². The summed E-state index contributed by atoms with van der Waals surface area (Å²) in [4.78, 5) is 34.7. The molecule has 0 aliphatic carbocycles. The molecule has 0 saturated carbocycles. The SMILES string of the molecule is C[C@@H](Sc1nc(-c2ccco2)nc2ccccc12)C(=O)N1CCNC1=O. The molecule has 1 aromatic carbocycles. The van der Waals surface area contributed by atoms with Crippen LogP contribution in [-0.4, -0.2) is 45.1 Å². The number of fused-ring (bicyclic) bond motifs is 1. The predicted molar refractivity (Wildman–Crippen MR) is 97.7 cm³/mol. The number of hydrogen-bond acceptors (Lipinski definition) is 6. The summed E-state index contributed by atoms with van der Waals surface area (Å²) in [6.07, 6.45) is 1.57. The Balaban J connectivity index is 1.68. The molecule has 1 aliphatic heterocycles. The Bertz CT molecular complexity index is 974. The number of nitrogens with one attached hydrogen (secondary N) is 1. The highest BCUT2D eigenvalue weighted by molar-refractivity contribution is 8.00. The Morgan fingerprint density at radius 3 is 2.85 bits per heavy atom. The first-order valence-electron chi connectivity index (χ1n) is 8.20. The molecule has 3 heterocycles. The normalized spacial score (nSPS) is 15.3. The summed E-state index contributed by atoms with van der Waals surface area (Å²) in [6.45, 7) is 2.66. The average molecular weight is 368 g/mol. The number of hydrogen-bond donors (Lipinski definition) is 1. The second-order valence-electron chi connectivity index (χ2n) is 5.83. The van der Waals surface area contributed by atoms with Crippen molar-refractivity contribution in [2.24, 2.45) is 0 Å². The Kier molecular flexibility index (Phi) is 4.34. The molecule has 1 atom stereocenters. The van der Waals surface area contributed by atoms with Crippen molar-refractivity contribution in [3.63, 3.8) is 0 Å². The van der Waals surface area contributed by atoms with E-state index in [0.717, 1.165) is 10.9 Å². The van der Waals surface area contributed by atoms with Crippen LogP contribution in [0.5, 0.6) is 0 Å². The first kappa shape index (κ1) is 16.6. The third-order valence-corrected chi connectivity index (χ3v) is 5.16. The molecule has 0 radical (unpaired) electrons. The number of nitrogens with zero attached hydrogens (tertiary/aromatic N) is 3. The number of imide groups is 1. The van der Waals surface area contributed by atoms with Gasteiger partial charge in [0.25, 0.3) is 0 Å². The predicted octanol–water partition coefficient (Wildman–Crippen LogP) is 2.92. The van der Waals surface area contributed by atoms with Gasteiger partial charge in [0.05, 0.1) is 17.0 Å². The van der Waals surface area contributed by atoms with Crippen LogP contribution in [0.4, 0.5) is 4.79 Å². The Morgan fingerprint density at radius 2 is 2.12 bits per heavy atom. The van der Waals surface area contributed by atoms with Crippen molar-refractivity contribution in [2.75, 3.05) is 13.1 Å². The van der Waals surface area contributed by atoms with Crippen LogP contribution in [0.2, 0.25) is 0 Å². The van der Waals surface area contributed by atoms with E-state index in [2.05, 4.69) is 15.3 Å². The molecule has 2 aromatic heterocycles. The zero-order valence-corrected chi connectivity index (χ0v) is 14.8. The minimum Gasteiger partial charge on any atom is -0.461 e. The second-order valence-corrected chi connectivity index (χ2v) is 7.16. The zero-order valence-electron chi connectivity index (χ0n) is 14.0. The fraction of sp³-hybridized carbons (Fsp3) is 0.222. The number of benzene rings is 1. The number of para-hydroxylation sites is 1. The molecule has 0 bridgehead atoms. The second kappa shape index (κ2) is 6.80. The molecule has 132 valence electrons. The third-order valence-electron chi connectivity index (χ3n) is 4.07. The number of rotatable bonds is 4. The highest BCUT2D eigenvalue weighted by atomic mass is 32.2. The lowest BCUT2D eigenvalue weighted by atomic mass is 10.2. The quantitative estimate of drug-likeness (QED) is 0.563. The van der Waals surface area contributed by atoms with E-state index in [1.165, 1.54) is 16.7 Å². The summed E-state index contributed by atoms with van der Waals surface area (Å²) in [5.41, 5.74) is 0.773. The molecule has 7 nitrogen and oxygen atoms in total. The highest BCUT2D eigenvalue weighted by Gasteiger charge is 2.30. The van der Waals surface area contributed by atoms with Gasteiger partial charge in [-0.25, -0.2) is 14.8 Å². The lowest BCUT2D eigenvalue weighted by Gasteiger charge is -2.17. The number of thioether (sulfide) groups is 1. The first-order valence-corrected chi connectivity index (χ1v) is 9.08. The van der Waals surface area contributed by atoms with Crippen LogP contribution in [0, 0.1) is 0 Å². The van der Waals surface area contributed by atoms with E-state index in [9.17, 15) is 9.59 Å². The summed E-state index contributed by atoms with van der Waals surface area (Å²) >= 11 is 1.32. The monoisotopic (exact) mass is 368 g/mol. The van der Waals surface area contributed by atoms with Gasteiger partial charge >= 0.3 is 6.03 Å². The number of amides is 3. The Labute approximate surface area is 153 Å². The van der Waals surface area contributed by atoms with E-state index >= 15 is 0 Å². The van der Waals surface area contributed by atoms with E-state index in [0.29, 0.717) is 29.7 Å². The minimum absolute atomic E-state index is 0.229. The third kappa shape index (κ3) is 3.03. The fourth-order valence-corrected chi connectivity index (χ4v) is 3.77. The maximum absolute atomic E-state index is 12.6. The lowest BCUT2D eigenvalue weighted by Crippen LogP contribution is -2.38. The number of carbonyl (C=O) groups excluding carboxylic acids is 2. The van der Waals surface area contributed by atoms with Gasteiger partial charge in [0.1, 0.15) is 5.03 Å². The maximum atomic E-state index is 12.6. The van der Waals surface area contributed by atoms with Gasteiger partial charge in [0, 0.05) is 18.5 Å². The van der Waals surface area contributed by atoms with Gasteiger partial charge in [-0.15, -0.1) is 0 Å².